The van der Waals surface area contributed by atoms with Gasteiger partial charge in [-0.15, -0.1) is 0 Å². The minimum Gasteiger partial charge on any atom is -0.267 e. The molecular formula is C14H25N3. The Morgan fingerprint density at radius 3 is 2.35 bits per heavy atom. The molecule has 0 aromatic carbocycles. The van der Waals surface area contributed by atoms with Crippen molar-refractivity contribution < 1.29 is 0 Å². The number of nitrogens with zero attached hydrogens (tertiary/aromatic N) is 3. The fraction of sp³-hybridized carbons (Fsp3) is 0.429. The van der Waals surface area contributed by atoms with E-state index in [0.29, 0.717) is 0 Å². The van der Waals surface area contributed by atoms with E-state index < -0.39 is 0 Å². The molecule has 0 saturated heterocycles. The summed E-state index contributed by atoms with van der Waals surface area (Å²) in [6.45, 7) is 13.6. The van der Waals surface area contributed by atoms with Crippen LogP contribution < -0.4 is 5.01 Å². The van der Waals surface area contributed by atoms with Gasteiger partial charge in [0.05, 0.1) is 11.9 Å². The topological polar surface area (TPSA) is 28.5 Å². The lowest BCUT2D eigenvalue weighted by Crippen LogP contribution is -2.08. The monoisotopic (exact) mass is 235 g/mol. The highest BCUT2D eigenvalue weighted by molar-refractivity contribution is 5.77. The number of aromatic nitrogens is 1. The Morgan fingerprint density at radius 2 is 1.94 bits per heavy atom. The molecule has 0 aliphatic heterocycles. The summed E-state index contributed by atoms with van der Waals surface area (Å²) in [5, 5.41) is 5.91. The summed E-state index contributed by atoms with van der Waals surface area (Å²) in [6, 6.07) is 3.82. The second kappa shape index (κ2) is 12.4. The SMILES string of the molecule is C=C(C)/C=N\N(C)c1cccnc1.CC.CC. The van der Waals surface area contributed by atoms with E-state index in [9.17, 15) is 0 Å². The molecule has 1 heterocycles. The predicted octanol–water partition coefficient (Wildman–Crippen LogP) is 4.13. The summed E-state index contributed by atoms with van der Waals surface area (Å²) in [6.07, 6.45) is 5.21. The first-order valence-corrected chi connectivity index (χ1v) is 6.03. The van der Waals surface area contributed by atoms with Gasteiger partial charge < -0.3 is 0 Å². The zero-order valence-electron chi connectivity index (χ0n) is 11.9. The van der Waals surface area contributed by atoms with E-state index in [2.05, 4.69) is 16.7 Å². The van der Waals surface area contributed by atoms with E-state index in [1.807, 2.05) is 53.8 Å². The molecule has 1 aromatic rings. The third-order valence-corrected chi connectivity index (χ3v) is 1.47. The van der Waals surface area contributed by atoms with Crippen LogP contribution in [0, 0.1) is 0 Å². The molecule has 0 N–H and O–H groups in total. The highest BCUT2D eigenvalue weighted by Gasteiger charge is 1.94. The molecule has 0 bridgehead atoms. The van der Waals surface area contributed by atoms with E-state index in [0.717, 1.165) is 11.3 Å². The lowest BCUT2D eigenvalue weighted by atomic mass is 10.4. The van der Waals surface area contributed by atoms with Gasteiger partial charge in [0.15, 0.2) is 0 Å². The predicted molar refractivity (Wildman–Crippen MR) is 78.6 cm³/mol. The van der Waals surface area contributed by atoms with Gasteiger partial charge in [0.25, 0.3) is 0 Å². The number of hydrazone groups is 1. The molecule has 0 spiro atoms. The minimum absolute atomic E-state index is 0.927. The number of hydrogen-bond acceptors (Lipinski definition) is 3. The van der Waals surface area contributed by atoms with Crippen molar-refractivity contribution in [3.63, 3.8) is 0 Å². The third-order valence-electron chi connectivity index (χ3n) is 1.47. The average molecular weight is 235 g/mol. The molecule has 1 rings (SSSR count). The van der Waals surface area contributed by atoms with Crippen molar-refractivity contribution in [2.24, 2.45) is 5.10 Å². The Bertz CT molecular complexity index is 305. The normalized spacial score (nSPS) is 8.59. The van der Waals surface area contributed by atoms with E-state index in [4.69, 9.17) is 0 Å². The first-order valence-electron chi connectivity index (χ1n) is 6.03. The molecule has 0 radical (unpaired) electrons. The van der Waals surface area contributed by atoms with Crippen molar-refractivity contribution in [2.75, 3.05) is 12.1 Å². The number of rotatable bonds is 3. The second-order valence-corrected chi connectivity index (χ2v) is 2.83. The molecule has 3 nitrogen and oxygen atoms in total. The average Bonchev–Trinajstić information content (AvgIpc) is 2.41. The second-order valence-electron chi connectivity index (χ2n) is 2.83. The van der Waals surface area contributed by atoms with Crippen molar-refractivity contribution in [2.45, 2.75) is 34.6 Å². The molecule has 0 atom stereocenters. The molecule has 0 aliphatic carbocycles. The number of hydrogen-bond donors (Lipinski definition) is 0. The van der Waals surface area contributed by atoms with Crippen molar-refractivity contribution in [1.29, 1.82) is 0 Å². The molecule has 17 heavy (non-hydrogen) atoms. The zero-order chi connectivity index (χ0) is 13.7. The Hall–Kier alpha value is -1.64. The molecule has 1 aromatic heterocycles. The smallest absolute Gasteiger partial charge is 0.0773 e. The first kappa shape index (κ1) is 17.7. The van der Waals surface area contributed by atoms with Gasteiger partial charge in [-0.3, -0.25) is 9.99 Å². The van der Waals surface area contributed by atoms with E-state index in [1.165, 1.54) is 0 Å². The van der Waals surface area contributed by atoms with Crippen LogP contribution >= 0.6 is 0 Å². The molecule has 0 fully saturated rings. The summed E-state index contributed by atoms with van der Waals surface area (Å²) >= 11 is 0. The van der Waals surface area contributed by atoms with Crippen molar-refractivity contribution in [1.82, 2.24) is 4.98 Å². The van der Waals surface area contributed by atoms with Crippen LogP contribution in [0.25, 0.3) is 0 Å². The molecule has 0 unspecified atom stereocenters. The molecule has 0 amide bonds. The molecule has 96 valence electrons. The highest BCUT2D eigenvalue weighted by Crippen LogP contribution is 2.08. The quantitative estimate of drug-likeness (QED) is 0.582. The standard InChI is InChI=1S/C10H13N3.2C2H6/c1-9(2)7-12-13(3)10-5-4-6-11-8-10;2*1-2/h4-8H,1H2,2-3H3;2*1-2H3/b12-7-;;. The fourth-order valence-electron chi connectivity index (χ4n) is 0.797. The van der Waals surface area contributed by atoms with Gasteiger partial charge in [-0.25, -0.2) is 0 Å². The van der Waals surface area contributed by atoms with Gasteiger partial charge in [0.1, 0.15) is 0 Å². The number of pyridine rings is 1. The maximum absolute atomic E-state index is 4.16. The molecular weight excluding hydrogens is 210 g/mol. The van der Waals surface area contributed by atoms with Crippen LogP contribution in [0.2, 0.25) is 0 Å². The largest absolute Gasteiger partial charge is 0.267 e. The first-order chi connectivity index (χ1) is 8.20. The highest BCUT2D eigenvalue weighted by atomic mass is 15.4. The summed E-state index contributed by atoms with van der Waals surface area (Å²) in [5.74, 6) is 0. The van der Waals surface area contributed by atoms with Crippen LogP contribution in [0.15, 0.2) is 41.8 Å². The van der Waals surface area contributed by atoms with Crippen LogP contribution in [0.3, 0.4) is 0 Å². The van der Waals surface area contributed by atoms with Crippen LogP contribution in [0.5, 0.6) is 0 Å². The van der Waals surface area contributed by atoms with Gasteiger partial charge in [-0.05, 0) is 24.6 Å². The Labute approximate surface area is 106 Å². The Morgan fingerprint density at radius 1 is 1.35 bits per heavy atom. The molecule has 3 heteroatoms. The summed E-state index contributed by atoms with van der Waals surface area (Å²) < 4.78 is 0. The number of anilines is 1. The van der Waals surface area contributed by atoms with Gasteiger partial charge in [0, 0.05) is 19.5 Å². The maximum Gasteiger partial charge on any atom is 0.0773 e. The minimum atomic E-state index is 0.927. The lowest BCUT2D eigenvalue weighted by Gasteiger charge is -2.11. The molecule has 0 aliphatic rings. The number of allylic oxidation sites excluding steroid dienone is 1. The van der Waals surface area contributed by atoms with Crippen molar-refractivity contribution in [3.05, 3.63) is 36.7 Å². The fourth-order valence-corrected chi connectivity index (χ4v) is 0.797. The van der Waals surface area contributed by atoms with Crippen molar-refractivity contribution in [3.8, 4) is 0 Å². The maximum atomic E-state index is 4.16. The van der Waals surface area contributed by atoms with Crippen LogP contribution in [0.1, 0.15) is 34.6 Å². The molecule has 0 saturated carbocycles. The van der Waals surface area contributed by atoms with Crippen LogP contribution in [-0.4, -0.2) is 18.2 Å². The van der Waals surface area contributed by atoms with E-state index in [-0.39, 0.29) is 0 Å². The van der Waals surface area contributed by atoms with Gasteiger partial charge in [0.2, 0.25) is 0 Å². The van der Waals surface area contributed by atoms with Gasteiger partial charge in [-0.1, -0.05) is 34.3 Å². The lowest BCUT2D eigenvalue weighted by molar-refractivity contribution is 1.01. The van der Waals surface area contributed by atoms with E-state index >= 15 is 0 Å². The summed E-state index contributed by atoms with van der Waals surface area (Å²) in [7, 11) is 1.87. The van der Waals surface area contributed by atoms with E-state index in [1.54, 1.807) is 23.6 Å². The zero-order valence-corrected chi connectivity index (χ0v) is 11.9. The van der Waals surface area contributed by atoms with Gasteiger partial charge >= 0.3 is 0 Å². The Kier molecular flexibility index (Phi) is 13.0. The Balaban J connectivity index is 0. The summed E-state index contributed by atoms with van der Waals surface area (Å²) in [5.41, 5.74) is 1.88. The van der Waals surface area contributed by atoms with Crippen LogP contribution in [-0.2, 0) is 0 Å². The van der Waals surface area contributed by atoms with Crippen molar-refractivity contribution >= 4 is 11.9 Å². The summed E-state index contributed by atoms with van der Waals surface area (Å²) in [4.78, 5) is 3.99. The third kappa shape index (κ3) is 9.30. The van der Waals surface area contributed by atoms with Crippen LogP contribution in [0.4, 0.5) is 5.69 Å². The van der Waals surface area contributed by atoms with Gasteiger partial charge in [-0.2, -0.15) is 5.10 Å².